The number of fused-ring (bicyclic) bond motifs is 1. The highest BCUT2D eigenvalue weighted by Crippen LogP contribution is 2.31. The predicted octanol–water partition coefficient (Wildman–Crippen LogP) is 2.26. The summed E-state index contributed by atoms with van der Waals surface area (Å²) >= 11 is 0. The third-order valence-corrected chi connectivity index (χ3v) is 3.07. The van der Waals surface area contributed by atoms with Gasteiger partial charge in [-0.25, -0.2) is 0 Å². The van der Waals surface area contributed by atoms with Crippen LogP contribution in [0.25, 0.3) is 0 Å². The average Bonchev–Trinajstić information content (AvgIpc) is 2.28. The van der Waals surface area contributed by atoms with E-state index in [1.807, 2.05) is 25.1 Å². The van der Waals surface area contributed by atoms with E-state index in [0.717, 1.165) is 18.4 Å². The van der Waals surface area contributed by atoms with Crippen molar-refractivity contribution in [3.05, 3.63) is 29.3 Å². The topological polar surface area (TPSA) is 46.2 Å². The number of amides is 1. The van der Waals surface area contributed by atoms with Crippen LogP contribution < -0.4 is 5.32 Å². The van der Waals surface area contributed by atoms with E-state index in [-0.39, 0.29) is 11.8 Å². The summed E-state index contributed by atoms with van der Waals surface area (Å²) in [6.45, 7) is 2.04. The van der Waals surface area contributed by atoms with Crippen LogP contribution in [0.15, 0.2) is 18.2 Å². The quantitative estimate of drug-likeness (QED) is 0.789. The lowest BCUT2D eigenvalue weighted by Gasteiger charge is -2.22. The van der Waals surface area contributed by atoms with Crippen molar-refractivity contribution >= 4 is 17.9 Å². The number of hydrogen-bond acceptors (Lipinski definition) is 2. The van der Waals surface area contributed by atoms with E-state index in [1.165, 1.54) is 11.1 Å². The molecule has 0 bridgehead atoms. The first-order valence-corrected chi connectivity index (χ1v) is 5.57. The number of aldehydes is 1. The highest BCUT2D eigenvalue weighted by Gasteiger charge is 2.19. The molecule has 0 fully saturated rings. The molecule has 1 amide bonds. The second kappa shape index (κ2) is 4.47. The molecule has 1 aromatic carbocycles. The molecule has 1 aliphatic rings. The molecular formula is C13H15NO2. The predicted molar refractivity (Wildman–Crippen MR) is 62.5 cm³/mol. The first kappa shape index (κ1) is 10.9. The molecule has 1 unspecified atom stereocenters. The Labute approximate surface area is 94.9 Å². The molecule has 0 aromatic heterocycles. The maximum absolute atomic E-state index is 11.3. The zero-order valence-electron chi connectivity index (χ0n) is 9.32. The normalized spacial score (nSPS) is 16.2. The Morgan fingerprint density at radius 3 is 3.00 bits per heavy atom. The van der Waals surface area contributed by atoms with Gasteiger partial charge in [-0.2, -0.15) is 0 Å². The monoisotopic (exact) mass is 217 g/mol. The lowest BCUT2D eigenvalue weighted by Crippen LogP contribution is -2.20. The molecular weight excluding hydrogens is 202 g/mol. The summed E-state index contributed by atoms with van der Waals surface area (Å²) in [6.07, 6.45) is 2.80. The van der Waals surface area contributed by atoms with E-state index < -0.39 is 0 Å². The van der Waals surface area contributed by atoms with Gasteiger partial charge < -0.3 is 10.1 Å². The fourth-order valence-corrected chi connectivity index (χ4v) is 2.19. The van der Waals surface area contributed by atoms with Crippen LogP contribution in [0.3, 0.4) is 0 Å². The third kappa shape index (κ3) is 1.98. The molecule has 1 atom stereocenters. The fourth-order valence-electron chi connectivity index (χ4n) is 2.19. The molecule has 1 heterocycles. The number of nitrogens with one attached hydrogen (secondary N) is 1. The summed E-state index contributed by atoms with van der Waals surface area (Å²) in [5.74, 6) is 0.301. The molecule has 0 saturated heterocycles. The number of carbonyl (C=O) groups excluding carboxylic acids is 2. The lowest BCUT2D eigenvalue weighted by atomic mass is 9.89. The number of rotatable bonds is 3. The first-order valence-electron chi connectivity index (χ1n) is 5.57. The third-order valence-electron chi connectivity index (χ3n) is 3.07. The Hall–Kier alpha value is -1.64. The van der Waals surface area contributed by atoms with Crippen LogP contribution >= 0.6 is 0 Å². The SMILES string of the molecule is CC(CC=O)c1cccc2c1CCC(=O)N2. The molecule has 3 heteroatoms. The Bertz CT molecular complexity index is 426. The van der Waals surface area contributed by atoms with Crippen LogP contribution in [-0.2, 0) is 16.0 Å². The summed E-state index contributed by atoms with van der Waals surface area (Å²) in [7, 11) is 0. The number of hydrogen-bond donors (Lipinski definition) is 1. The van der Waals surface area contributed by atoms with Gasteiger partial charge in [-0.05, 0) is 29.5 Å². The van der Waals surface area contributed by atoms with Crippen molar-refractivity contribution in [2.45, 2.75) is 32.1 Å². The Morgan fingerprint density at radius 1 is 1.44 bits per heavy atom. The largest absolute Gasteiger partial charge is 0.326 e. The minimum atomic E-state index is 0.0766. The smallest absolute Gasteiger partial charge is 0.224 e. The molecule has 0 spiro atoms. The summed E-state index contributed by atoms with van der Waals surface area (Å²) in [4.78, 5) is 21.8. The Morgan fingerprint density at radius 2 is 2.25 bits per heavy atom. The molecule has 1 aromatic rings. The van der Waals surface area contributed by atoms with Crippen LogP contribution in [-0.4, -0.2) is 12.2 Å². The van der Waals surface area contributed by atoms with Gasteiger partial charge in [0.15, 0.2) is 0 Å². The second-order valence-electron chi connectivity index (χ2n) is 4.22. The van der Waals surface area contributed by atoms with Crippen molar-refractivity contribution in [1.82, 2.24) is 0 Å². The second-order valence-corrected chi connectivity index (χ2v) is 4.22. The maximum Gasteiger partial charge on any atom is 0.224 e. The summed E-state index contributed by atoms with van der Waals surface area (Å²) in [5, 5.41) is 2.87. The average molecular weight is 217 g/mol. The maximum atomic E-state index is 11.3. The zero-order chi connectivity index (χ0) is 11.5. The van der Waals surface area contributed by atoms with E-state index in [2.05, 4.69) is 5.32 Å². The highest BCUT2D eigenvalue weighted by molar-refractivity contribution is 5.94. The van der Waals surface area contributed by atoms with Crippen molar-refractivity contribution in [1.29, 1.82) is 0 Å². The first-order chi connectivity index (χ1) is 7.72. The van der Waals surface area contributed by atoms with E-state index in [1.54, 1.807) is 0 Å². The highest BCUT2D eigenvalue weighted by atomic mass is 16.1. The van der Waals surface area contributed by atoms with Gasteiger partial charge in [0.05, 0.1) is 0 Å². The fraction of sp³-hybridized carbons (Fsp3) is 0.385. The molecule has 2 rings (SSSR count). The van der Waals surface area contributed by atoms with E-state index in [4.69, 9.17) is 0 Å². The molecule has 0 radical (unpaired) electrons. The van der Waals surface area contributed by atoms with Gasteiger partial charge in [-0.3, -0.25) is 4.79 Å². The van der Waals surface area contributed by atoms with E-state index in [0.29, 0.717) is 12.8 Å². The van der Waals surface area contributed by atoms with Crippen molar-refractivity contribution in [2.75, 3.05) is 5.32 Å². The summed E-state index contributed by atoms with van der Waals surface area (Å²) < 4.78 is 0. The van der Waals surface area contributed by atoms with Crippen LogP contribution in [0.5, 0.6) is 0 Å². The molecule has 0 aliphatic carbocycles. The summed E-state index contributed by atoms with van der Waals surface area (Å²) in [5.41, 5.74) is 3.28. The van der Waals surface area contributed by atoms with Crippen LogP contribution in [0.2, 0.25) is 0 Å². The van der Waals surface area contributed by atoms with Crippen molar-refractivity contribution in [2.24, 2.45) is 0 Å². The number of carbonyl (C=O) groups is 2. The Balaban J connectivity index is 2.36. The van der Waals surface area contributed by atoms with Crippen LogP contribution in [0.1, 0.15) is 36.8 Å². The summed E-state index contributed by atoms with van der Waals surface area (Å²) in [6, 6.07) is 5.90. The van der Waals surface area contributed by atoms with Gasteiger partial charge in [-0.15, -0.1) is 0 Å². The molecule has 1 aliphatic heterocycles. The number of anilines is 1. The minimum Gasteiger partial charge on any atom is -0.326 e. The Kier molecular flexibility index (Phi) is 3.04. The van der Waals surface area contributed by atoms with E-state index in [9.17, 15) is 9.59 Å². The van der Waals surface area contributed by atoms with Gasteiger partial charge >= 0.3 is 0 Å². The molecule has 1 N–H and O–H groups in total. The molecule has 84 valence electrons. The van der Waals surface area contributed by atoms with Gasteiger partial charge in [0.1, 0.15) is 6.29 Å². The van der Waals surface area contributed by atoms with Gasteiger partial charge in [0, 0.05) is 18.5 Å². The van der Waals surface area contributed by atoms with Crippen molar-refractivity contribution < 1.29 is 9.59 Å². The standard InChI is InChI=1S/C13H15NO2/c1-9(7-8-15)10-3-2-4-12-11(10)5-6-13(16)14-12/h2-4,8-9H,5-7H2,1H3,(H,14,16). The van der Waals surface area contributed by atoms with Crippen molar-refractivity contribution in [3.63, 3.8) is 0 Å². The van der Waals surface area contributed by atoms with Crippen LogP contribution in [0.4, 0.5) is 5.69 Å². The van der Waals surface area contributed by atoms with Gasteiger partial charge in [0.25, 0.3) is 0 Å². The van der Waals surface area contributed by atoms with Crippen molar-refractivity contribution in [3.8, 4) is 0 Å². The molecule has 0 saturated carbocycles. The van der Waals surface area contributed by atoms with Gasteiger partial charge in [0.2, 0.25) is 5.91 Å². The number of benzene rings is 1. The molecule has 16 heavy (non-hydrogen) atoms. The van der Waals surface area contributed by atoms with Gasteiger partial charge in [-0.1, -0.05) is 19.1 Å². The van der Waals surface area contributed by atoms with E-state index >= 15 is 0 Å². The zero-order valence-corrected chi connectivity index (χ0v) is 9.32. The molecule has 3 nitrogen and oxygen atoms in total. The minimum absolute atomic E-state index is 0.0766. The lowest BCUT2D eigenvalue weighted by molar-refractivity contribution is -0.116. The van der Waals surface area contributed by atoms with Crippen LogP contribution in [0, 0.1) is 0 Å².